The molecule has 0 bridgehead atoms. The molecule has 1 aromatic carbocycles. The van der Waals surface area contributed by atoms with Gasteiger partial charge in [-0.25, -0.2) is 4.98 Å². The van der Waals surface area contributed by atoms with Crippen molar-refractivity contribution in [1.82, 2.24) is 25.5 Å². The molecule has 7 nitrogen and oxygen atoms in total. The fourth-order valence-electron chi connectivity index (χ4n) is 3.42. The molecule has 7 heteroatoms. The molecular formula is C19H25N7. The van der Waals surface area contributed by atoms with Gasteiger partial charge in [-0.1, -0.05) is 6.92 Å². The molecule has 0 saturated carbocycles. The SMILES string of the molecule is CCC1CNCCCN1c1ncc(C)c(Nc2ccc3[nH]ncc3c2)n1. The Morgan fingerprint density at radius 3 is 3.12 bits per heavy atom. The summed E-state index contributed by atoms with van der Waals surface area (Å²) in [6.07, 6.45) is 5.92. The van der Waals surface area contributed by atoms with E-state index in [1.54, 1.807) is 0 Å². The lowest BCUT2D eigenvalue weighted by Crippen LogP contribution is -2.40. The Labute approximate surface area is 153 Å². The second kappa shape index (κ2) is 7.29. The summed E-state index contributed by atoms with van der Waals surface area (Å²) >= 11 is 0. The number of nitrogens with one attached hydrogen (secondary N) is 3. The van der Waals surface area contributed by atoms with Gasteiger partial charge in [-0.15, -0.1) is 0 Å². The minimum atomic E-state index is 0.426. The van der Waals surface area contributed by atoms with Crippen LogP contribution < -0.4 is 15.5 Å². The van der Waals surface area contributed by atoms with E-state index < -0.39 is 0 Å². The summed E-state index contributed by atoms with van der Waals surface area (Å²) in [4.78, 5) is 11.8. The molecule has 3 N–H and O–H groups in total. The topological polar surface area (TPSA) is 81.8 Å². The molecule has 3 heterocycles. The summed E-state index contributed by atoms with van der Waals surface area (Å²) < 4.78 is 0. The van der Waals surface area contributed by atoms with Gasteiger partial charge in [0.2, 0.25) is 5.95 Å². The first-order valence-corrected chi connectivity index (χ1v) is 9.25. The highest BCUT2D eigenvalue weighted by atomic mass is 15.3. The Hall–Kier alpha value is -2.67. The Bertz CT molecular complexity index is 888. The number of hydrogen-bond donors (Lipinski definition) is 3. The van der Waals surface area contributed by atoms with Crippen LogP contribution in [0.5, 0.6) is 0 Å². The maximum absolute atomic E-state index is 4.85. The van der Waals surface area contributed by atoms with Gasteiger partial charge in [0.1, 0.15) is 5.82 Å². The van der Waals surface area contributed by atoms with Crippen LogP contribution in [0.2, 0.25) is 0 Å². The number of fused-ring (bicyclic) bond motifs is 1. The molecule has 1 aliphatic rings. The van der Waals surface area contributed by atoms with E-state index in [9.17, 15) is 0 Å². The molecule has 3 aromatic rings. The van der Waals surface area contributed by atoms with E-state index in [0.717, 1.165) is 66.4 Å². The number of aromatic amines is 1. The van der Waals surface area contributed by atoms with Gasteiger partial charge in [0.25, 0.3) is 0 Å². The van der Waals surface area contributed by atoms with Crippen molar-refractivity contribution in [2.45, 2.75) is 32.7 Å². The average Bonchev–Trinajstić information content (AvgIpc) is 2.99. The van der Waals surface area contributed by atoms with E-state index in [0.29, 0.717) is 6.04 Å². The van der Waals surface area contributed by atoms with Gasteiger partial charge in [0, 0.05) is 42.0 Å². The quantitative estimate of drug-likeness (QED) is 0.670. The summed E-state index contributed by atoms with van der Waals surface area (Å²) in [5, 5.41) is 15.1. The first-order chi connectivity index (χ1) is 12.7. The van der Waals surface area contributed by atoms with E-state index >= 15 is 0 Å². The van der Waals surface area contributed by atoms with Crippen LogP contribution >= 0.6 is 0 Å². The molecule has 1 saturated heterocycles. The standard InChI is InChI=1S/C19H25N7/c1-3-16-12-20-7-4-8-26(16)19-21-10-13(2)18(24-19)23-15-5-6-17-14(9-15)11-22-25-17/h5-6,9-11,16,20H,3-4,7-8,12H2,1-2H3,(H,22,25)(H,21,23,24). The Morgan fingerprint density at radius 2 is 2.23 bits per heavy atom. The van der Waals surface area contributed by atoms with Crippen LogP contribution in [0.1, 0.15) is 25.3 Å². The maximum atomic E-state index is 4.85. The van der Waals surface area contributed by atoms with Gasteiger partial charge in [0.15, 0.2) is 0 Å². The van der Waals surface area contributed by atoms with E-state index in [1.165, 1.54) is 0 Å². The van der Waals surface area contributed by atoms with Crippen molar-refractivity contribution in [2.75, 3.05) is 29.9 Å². The average molecular weight is 351 g/mol. The Kier molecular flexibility index (Phi) is 4.71. The monoisotopic (exact) mass is 351 g/mol. The fraction of sp³-hybridized carbons (Fsp3) is 0.421. The number of aryl methyl sites for hydroxylation is 1. The van der Waals surface area contributed by atoms with Crippen molar-refractivity contribution >= 4 is 28.4 Å². The molecule has 136 valence electrons. The second-order valence-corrected chi connectivity index (χ2v) is 6.81. The molecule has 0 spiro atoms. The van der Waals surface area contributed by atoms with Crippen LogP contribution in [0, 0.1) is 6.92 Å². The highest BCUT2D eigenvalue weighted by Gasteiger charge is 2.22. The zero-order valence-electron chi connectivity index (χ0n) is 15.3. The van der Waals surface area contributed by atoms with Gasteiger partial charge < -0.3 is 15.5 Å². The predicted octanol–water partition coefficient (Wildman–Crippen LogP) is 2.98. The van der Waals surface area contributed by atoms with E-state index in [-0.39, 0.29) is 0 Å². The van der Waals surface area contributed by atoms with Gasteiger partial charge in [-0.2, -0.15) is 10.1 Å². The maximum Gasteiger partial charge on any atom is 0.227 e. The fourth-order valence-corrected chi connectivity index (χ4v) is 3.42. The van der Waals surface area contributed by atoms with Crippen LogP contribution in [0.25, 0.3) is 10.9 Å². The third kappa shape index (κ3) is 3.35. The van der Waals surface area contributed by atoms with Crippen LogP contribution in [-0.4, -0.2) is 45.8 Å². The van der Waals surface area contributed by atoms with Crippen LogP contribution in [0.3, 0.4) is 0 Å². The highest BCUT2D eigenvalue weighted by Crippen LogP contribution is 2.24. The number of H-pyrrole nitrogens is 1. The first kappa shape index (κ1) is 16.8. The van der Waals surface area contributed by atoms with Crippen LogP contribution in [0.15, 0.2) is 30.6 Å². The summed E-state index contributed by atoms with van der Waals surface area (Å²) in [5.41, 5.74) is 3.05. The largest absolute Gasteiger partial charge is 0.340 e. The molecule has 0 amide bonds. The predicted molar refractivity (Wildman–Crippen MR) is 105 cm³/mol. The molecule has 1 aliphatic heterocycles. The number of nitrogens with zero attached hydrogens (tertiary/aromatic N) is 4. The lowest BCUT2D eigenvalue weighted by molar-refractivity contribution is 0.563. The van der Waals surface area contributed by atoms with Gasteiger partial charge in [-0.05, 0) is 44.5 Å². The zero-order valence-corrected chi connectivity index (χ0v) is 15.3. The minimum Gasteiger partial charge on any atom is -0.340 e. The van der Waals surface area contributed by atoms with Crippen molar-refractivity contribution in [2.24, 2.45) is 0 Å². The molecule has 1 atom stereocenters. The normalized spacial score (nSPS) is 18.1. The highest BCUT2D eigenvalue weighted by molar-refractivity contribution is 5.82. The lowest BCUT2D eigenvalue weighted by atomic mass is 10.2. The lowest BCUT2D eigenvalue weighted by Gasteiger charge is -2.29. The van der Waals surface area contributed by atoms with E-state index in [4.69, 9.17) is 4.98 Å². The Morgan fingerprint density at radius 1 is 1.31 bits per heavy atom. The molecule has 1 fully saturated rings. The smallest absolute Gasteiger partial charge is 0.227 e. The summed E-state index contributed by atoms with van der Waals surface area (Å²) in [5.74, 6) is 1.66. The number of aromatic nitrogens is 4. The molecular weight excluding hydrogens is 326 g/mol. The van der Waals surface area contributed by atoms with Gasteiger partial charge >= 0.3 is 0 Å². The number of benzene rings is 1. The summed E-state index contributed by atoms with van der Waals surface area (Å²) in [6.45, 7) is 7.26. The number of hydrogen-bond acceptors (Lipinski definition) is 6. The van der Waals surface area contributed by atoms with E-state index in [2.05, 4.69) is 43.7 Å². The zero-order chi connectivity index (χ0) is 17.9. The van der Waals surface area contributed by atoms with Crippen LogP contribution in [-0.2, 0) is 0 Å². The van der Waals surface area contributed by atoms with Gasteiger partial charge in [-0.3, -0.25) is 5.10 Å². The van der Waals surface area contributed by atoms with Gasteiger partial charge in [0.05, 0.1) is 11.7 Å². The number of anilines is 3. The van der Waals surface area contributed by atoms with Crippen molar-refractivity contribution in [1.29, 1.82) is 0 Å². The minimum absolute atomic E-state index is 0.426. The van der Waals surface area contributed by atoms with E-state index in [1.807, 2.05) is 31.5 Å². The summed E-state index contributed by atoms with van der Waals surface area (Å²) in [6, 6.07) is 6.56. The van der Waals surface area contributed by atoms with Crippen LogP contribution in [0.4, 0.5) is 17.5 Å². The van der Waals surface area contributed by atoms with Crippen molar-refractivity contribution < 1.29 is 0 Å². The second-order valence-electron chi connectivity index (χ2n) is 6.81. The molecule has 0 aliphatic carbocycles. The van der Waals surface area contributed by atoms with Crippen molar-refractivity contribution in [3.63, 3.8) is 0 Å². The Balaban J connectivity index is 1.62. The van der Waals surface area contributed by atoms with Crippen molar-refractivity contribution in [3.8, 4) is 0 Å². The molecule has 4 rings (SSSR count). The summed E-state index contributed by atoms with van der Waals surface area (Å²) in [7, 11) is 0. The number of rotatable bonds is 4. The molecule has 2 aromatic heterocycles. The molecule has 0 radical (unpaired) electrons. The van der Waals surface area contributed by atoms with Crippen molar-refractivity contribution in [3.05, 3.63) is 36.2 Å². The third-order valence-corrected chi connectivity index (χ3v) is 4.96. The molecule has 1 unspecified atom stereocenters. The molecule has 26 heavy (non-hydrogen) atoms. The third-order valence-electron chi connectivity index (χ3n) is 4.96. The first-order valence-electron chi connectivity index (χ1n) is 9.25.